The Bertz CT molecular complexity index is 769. The Morgan fingerprint density at radius 3 is 2.26 bits per heavy atom. The number of hydrogen-bond donors (Lipinski definition) is 2. The zero-order valence-corrected chi connectivity index (χ0v) is 13.7. The van der Waals surface area contributed by atoms with Gasteiger partial charge in [-0.1, -0.05) is 0 Å². The summed E-state index contributed by atoms with van der Waals surface area (Å²) in [4.78, 5) is 6.12. The SMILES string of the molecule is CC1=CN(c2ccc(S(N)(=O)=O)cc2)C(N2C=CN(C)C=C2)N1. The fourth-order valence-electron chi connectivity index (χ4n) is 2.46. The minimum absolute atomic E-state index is 0.102. The van der Waals surface area contributed by atoms with Crippen LogP contribution >= 0.6 is 0 Å². The quantitative estimate of drug-likeness (QED) is 0.861. The van der Waals surface area contributed by atoms with Crippen molar-refractivity contribution < 1.29 is 8.42 Å². The van der Waals surface area contributed by atoms with Crippen LogP contribution in [-0.4, -0.2) is 31.6 Å². The average molecular weight is 333 g/mol. The van der Waals surface area contributed by atoms with Crippen molar-refractivity contribution in [2.24, 2.45) is 5.14 Å². The van der Waals surface area contributed by atoms with Crippen LogP contribution in [-0.2, 0) is 10.0 Å². The first-order valence-corrected chi connectivity index (χ1v) is 8.61. The summed E-state index contributed by atoms with van der Waals surface area (Å²) in [7, 11) is -1.72. The molecule has 7 nitrogen and oxygen atoms in total. The van der Waals surface area contributed by atoms with Gasteiger partial charge in [0, 0.05) is 49.4 Å². The van der Waals surface area contributed by atoms with Gasteiger partial charge < -0.3 is 20.0 Å². The van der Waals surface area contributed by atoms with Crippen LogP contribution in [0.3, 0.4) is 0 Å². The van der Waals surface area contributed by atoms with E-state index in [2.05, 4.69) is 5.32 Å². The highest BCUT2D eigenvalue weighted by atomic mass is 32.2. The molecule has 0 spiro atoms. The molecule has 0 amide bonds. The normalized spacial score (nSPS) is 20.7. The number of nitrogens with two attached hydrogens (primary N) is 1. The zero-order valence-electron chi connectivity index (χ0n) is 12.9. The van der Waals surface area contributed by atoms with Gasteiger partial charge in [0.15, 0.2) is 6.29 Å². The molecule has 3 N–H and O–H groups in total. The fraction of sp³-hybridized carbons (Fsp3) is 0.200. The maximum atomic E-state index is 11.4. The molecule has 0 aliphatic carbocycles. The lowest BCUT2D eigenvalue weighted by molar-refractivity contribution is 0.326. The molecule has 23 heavy (non-hydrogen) atoms. The van der Waals surface area contributed by atoms with E-state index in [1.165, 1.54) is 12.1 Å². The van der Waals surface area contributed by atoms with E-state index in [4.69, 9.17) is 5.14 Å². The average Bonchev–Trinajstić information content (AvgIpc) is 2.89. The van der Waals surface area contributed by atoms with E-state index in [-0.39, 0.29) is 11.2 Å². The number of allylic oxidation sites excluding steroid dienone is 1. The van der Waals surface area contributed by atoms with Gasteiger partial charge in [-0.3, -0.25) is 0 Å². The molecule has 0 bridgehead atoms. The standard InChI is InChI=1S/C15H19N5O2S/c1-12-11-20(13-3-5-14(6-4-13)23(16,21)22)15(17-12)19-9-7-18(2)8-10-19/h3-11,15,17H,1-2H3,(H2,16,21,22). The molecule has 0 radical (unpaired) electrons. The minimum Gasteiger partial charge on any atom is -0.354 e. The topological polar surface area (TPSA) is 81.9 Å². The second kappa shape index (κ2) is 5.64. The Morgan fingerprint density at radius 2 is 1.70 bits per heavy atom. The van der Waals surface area contributed by atoms with E-state index >= 15 is 0 Å². The Morgan fingerprint density at radius 1 is 1.09 bits per heavy atom. The molecule has 2 aliphatic heterocycles. The highest BCUT2D eigenvalue weighted by Crippen LogP contribution is 2.26. The highest BCUT2D eigenvalue weighted by molar-refractivity contribution is 7.89. The number of anilines is 1. The van der Waals surface area contributed by atoms with Gasteiger partial charge in [0.1, 0.15) is 0 Å². The number of nitrogens with zero attached hydrogens (tertiary/aromatic N) is 3. The Balaban J connectivity index is 1.87. The minimum atomic E-state index is -3.68. The van der Waals surface area contributed by atoms with Crippen molar-refractivity contribution >= 4 is 15.7 Å². The number of sulfonamides is 1. The third-order valence-electron chi connectivity index (χ3n) is 3.65. The van der Waals surface area contributed by atoms with E-state index in [0.717, 1.165) is 11.4 Å². The molecule has 0 saturated carbocycles. The van der Waals surface area contributed by atoms with Crippen LogP contribution in [0.25, 0.3) is 0 Å². The van der Waals surface area contributed by atoms with Gasteiger partial charge in [-0.15, -0.1) is 0 Å². The summed E-state index contributed by atoms with van der Waals surface area (Å²) in [5, 5.41) is 8.52. The van der Waals surface area contributed by atoms with Crippen molar-refractivity contribution in [3.63, 3.8) is 0 Å². The third kappa shape index (κ3) is 3.17. The Labute approximate surface area is 136 Å². The summed E-state index contributed by atoms with van der Waals surface area (Å²) in [6, 6.07) is 6.51. The number of primary sulfonamides is 1. The molecule has 3 rings (SSSR count). The lowest BCUT2D eigenvalue weighted by atomic mass is 10.3. The number of nitrogens with one attached hydrogen (secondary N) is 1. The van der Waals surface area contributed by atoms with Gasteiger partial charge >= 0.3 is 0 Å². The van der Waals surface area contributed by atoms with Crippen molar-refractivity contribution in [2.45, 2.75) is 18.1 Å². The maximum Gasteiger partial charge on any atom is 0.238 e. The second-order valence-corrected chi connectivity index (χ2v) is 7.05. The largest absolute Gasteiger partial charge is 0.354 e. The van der Waals surface area contributed by atoms with Gasteiger partial charge in [-0.05, 0) is 31.2 Å². The van der Waals surface area contributed by atoms with Crippen LogP contribution in [0.4, 0.5) is 5.69 Å². The molecular formula is C15H19N5O2S. The van der Waals surface area contributed by atoms with Crippen molar-refractivity contribution in [2.75, 3.05) is 11.9 Å². The number of rotatable bonds is 3. The predicted molar refractivity (Wildman–Crippen MR) is 88.9 cm³/mol. The number of hydrogen-bond acceptors (Lipinski definition) is 6. The molecule has 2 heterocycles. The van der Waals surface area contributed by atoms with E-state index in [0.29, 0.717) is 0 Å². The van der Waals surface area contributed by atoms with Gasteiger partial charge in [0.25, 0.3) is 0 Å². The fourth-order valence-corrected chi connectivity index (χ4v) is 2.97. The van der Waals surface area contributed by atoms with Crippen LogP contribution in [0.5, 0.6) is 0 Å². The monoisotopic (exact) mass is 333 g/mol. The summed E-state index contributed by atoms with van der Waals surface area (Å²) in [5.41, 5.74) is 1.89. The summed E-state index contributed by atoms with van der Waals surface area (Å²) in [6.07, 6.45) is 9.72. The summed E-state index contributed by atoms with van der Waals surface area (Å²) in [5.74, 6) is 0. The molecule has 2 aliphatic rings. The van der Waals surface area contributed by atoms with E-state index in [1.807, 2.05) is 59.7 Å². The molecule has 0 fully saturated rings. The first-order valence-electron chi connectivity index (χ1n) is 7.07. The van der Waals surface area contributed by atoms with Gasteiger partial charge in [0.2, 0.25) is 10.0 Å². The highest BCUT2D eigenvalue weighted by Gasteiger charge is 2.27. The Hall–Kier alpha value is -2.45. The predicted octanol–water partition coefficient (Wildman–Crippen LogP) is 1.08. The molecule has 0 saturated heterocycles. The third-order valence-corrected chi connectivity index (χ3v) is 4.58. The lowest BCUT2D eigenvalue weighted by Gasteiger charge is -2.34. The zero-order chi connectivity index (χ0) is 16.6. The smallest absolute Gasteiger partial charge is 0.238 e. The molecular weight excluding hydrogens is 314 g/mol. The first kappa shape index (κ1) is 15.4. The van der Waals surface area contributed by atoms with Crippen molar-refractivity contribution in [1.82, 2.24) is 15.1 Å². The second-order valence-electron chi connectivity index (χ2n) is 5.49. The van der Waals surface area contributed by atoms with Gasteiger partial charge in [0.05, 0.1) is 4.90 Å². The maximum absolute atomic E-state index is 11.4. The van der Waals surface area contributed by atoms with Crippen molar-refractivity contribution in [3.05, 3.63) is 61.0 Å². The molecule has 8 heteroatoms. The van der Waals surface area contributed by atoms with Crippen LogP contribution in [0.15, 0.2) is 65.9 Å². The van der Waals surface area contributed by atoms with E-state index in [9.17, 15) is 8.42 Å². The lowest BCUT2D eigenvalue weighted by Crippen LogP contribution is -2.47. The summed E-state index contributed by atoms with van der Waals surface area (Å²) < 4.78 is 22.7. The first-order chi connectivity index (χ1) is 10.8. The summed E-state index contributed by atoms with van der Waals surface area (Å²) in [6.45, 7) is 1.98. The molecule has 1 aromatic rings. The Kier molecular flexibility index (Phi) is 3.78. The van der Waals surface area contributed by atoms with Crippen LogP contribution in [0, 0.1) is 0 Å². The van der Waals surface area contributed by atoms with E-state index in [1.54, 1.807) is 12.1 Å². The van der Waals surface area contributed by atoms with Gasteiger partial charge in [-0.2, -0.15) is 0 Å². The molecule has 1 aromatic carbocycles. The van der Waals surface area contributed by atoms with Crippen LogP contribution < -0.4 is 15.4 Å². The van der Waals surface area contributed by atoms with Gasteiger partial charge in [-0.25, -0.2) is 13.6 Å². The van der Waals surface area contributed by atoms with Crippen LogP contribution in [0.1, 0.15) is 6.92 Å². The van der Waals surface area contributed by atoms with Crippen molar-refractivity contribution in [1.29, 1.82) is 0 Å². The number of benzene rings is 1. The summed E-state index contributed by atoms with van der Waals surface area (Å²) >= 11 is 0. The molecule has 1 atom stereocenters. The van der Waals surface area contributed by atoms with E-state index < -0.39 is 10.0 Å². The molecule has 1 unspecified atom stereocenters. The molecule has 0 aromatic heterocycles. The molecule has 122 valence electrons. The van der Waals surface area contributed by atoms with Crippen LogP contribution in [0.2, 0.25) is 0 Å². The van der Waals surface area contributed by atoms with Crippen molar-refractivity contribution in [3.8, 4) is 0 Å².